The van der Waals surface area contributed by atoms with Crippen LogP contribution in [0.25, 0.3) is 21.7 Å². The van der Waals surface area contributed by atoms with Crippen molar-refractivity contribution >= 4 is 21.7 Å². The Morgan fingerprint density at radius 2 is 1.61 bits per heavy atom. The molecule has 0 aliphatic heterocycles. The summed E-state index contributed by atoms with van der Waals surface area (Å²) in [4.78, 5) is 7.08. The average Bonchev–Trinajstić information content (AvgIpc) is 3.00. The Hall–Kier alpha value is -3.77. The van der Waals surface area contributed by atoms with E-state index in [0.29, 0.717) is 18.8 Å². The molecule has 2 N–H and O–H groups in total. The fraction of sp³-hybridized carbons (Fsp3) is 0.306. The van der Waals surface area contributed by atoms with E-state index in [1.807, 2.05) is 56.6 Å². The van der Waals surface area contributed by atoms with Crippen LogP contribution in [0.3, 0.4) is 0 Å². The van der Waals surface area contributed by atoms with Crippen LogP contribution in [0.1, 0.15) is 47.4 Å². The fourth-order valence-electron chi connectivity index (χ4n) is 5.98. The third-order valence-electron chi connectivity index (χ3n) is 8.06. The van der Waals surface area contributed by atoms with Crippen LogP contribution in [-0.4, -0.2) is 54.5 Å². The summed E-state index contributed by atoms with van der Waals surface area (Å²) in [5.74, 6) is 0.0715. The lowest BCUT2D eigenvalue weighted by atomic mass is 9.70. The molecule has 0 aliphatic rings. The molecule has 0 unspecified atom stereocenters. The van der Waals surface area contributed by atoms with Gasteiger partial charge in [-0.25, -0.2) is 4.98 Å². The fourth-order valence-corrected chi connectivity index (χ4v) is 5.98. The van der Waals surface area contributed by atoms with Gasteiger partial charge in [-0.15, -0.1) is 0 Å². The number of aliphatic hydroxyl groups is 2. The third-order valence-corrected chi connectivity index (χ3v) is 8.06. The second-order valence-corrected chi connectivity index (χ2v) is 11.1. The number of aliphatic hydroxyl groups excluding tert-OH is 1. The largest absolute Gasteiger partial charge is 0.481 e. The van der Waals surface area contributed by atoms with Gasteiger partial charge in [0.1, 0.15) is 5.60 Å². The number of rotatable bonds is 12. The first-order valence-electron chi connectivity index (χ1n) is 14.4. The summed E-state index contributed by atoms with van der Waals surface area (Å²) < 4.78 is 5.95. The molecule has 5 heteroatoms. The molecule has 0 aliphatic carbocycles. The molecule has 1 heterocycles. The van der Waals surface area contributed by atoms with E-state index in [-0.39, 0.29) is 6.61 Å². The van der Waals surface area contributed by atoms with Crippen LogP contribution in [0.15, 0.2) is 97.1 Å². The zero-order chi connectivity index (χ0) is 28.8. The Labute approximate surface area is 243 Å². The maximum absolute atomic E-state index is 13.2. The summed E-state index contributed by atoms with van der Waals surface area (Å²) in [5, 5.41) is 25.5. The van der Waals surface area contributed by atoms with E-state index >= 15 is 0 Å². The minimum atomic E-state index is -1.27. The maximum atomic E-state index is 13.2. The number of pyridine rings is 1. The highest BCUT2D eigenvalue weighted by Crippen LogP contribution is 2.49. The normalized spacial score (nSPS) is 13.9. The van der Waals surface area contributed by atoms with Gasteiger partial charge in [0.05, 0.1) is 12.6 Å². The van der Waals surface area contributed by atoms with E-state index in [1.54, 1.807) is 7.11 Å². The van der Waals surface area contributed by atoms with Gasteiger partial charge in [0.2, 0.25) is 5.88 Å². The number of hydrogen-bond acceptors (Lipinski definition) is 5. The van der Waals surface area contributed by atoms with E-state index in [4.69, 9.17) is 9.72 Å². The Kier molecular flexibility index (Phi) is 8.99. The number of benzene rings is 4. The van der Waals surface area contributed by atoms with E-state index in [0.717, 1.165) is 57.6 Å². The predicted octanol–water partition coefficient (Wildman–Crippen LogP) is 6.68. The summed E-state index contributed by atoms with van der Waals surface area (Å²) in [5.41, 5.74) is 3.54. The molecule has 212 valence electrons. The number of ether oxygens (including phenoxy) is 1. The van der Waals surface area contributed by atoms with E-state index < -0.39 is 11.5 Å². The van der Waals surface area contributed by atoms with Crippen molar-refractivity contribution in [3.63, 3.8) is 0 Å². The molecular formula is C36H40N2O3. The highest BCUT2D eigenvalue weighted by atomic mass is 16.5. The van der Waals surface area contributed by atoms with Crippen molar-refractivity contribution in [2.45, 2.75) is 37.2 Å². The molecule has 0 radical (unpaired) electrons. The lowest BCUT2D eigenvalue weighted by molar-refractivity contribution is 0.00520. The lowest BCUT2D eigenvalue weighted by Crippen LogP contribution is -2.38. The van der Waals surface area contributed by atoms with Crippen molar-refractivity contribution in [1.82, 2.24) is 9.88 Å². The van der Waals surface area contributed by atoms with Crippen LogP contribution in [0, 0.1) is 0 Å². The average molecular weight is 549 g/mol. The first-order valence-corrected chi connectivity index (χ1v) is 14.4. The van der Waals surface area contributed by atoms with Crippen molar-refractivity contribution in [3.8, 4) is 5.88 Å². The summed E-state index contributed by atoms with van der Waals surface area (Å²) in [6, 6.07) is 33.2. The lowest BCUT2D eigenvalue weighted by Gasteiger charge is -2.39. The molecule has 0 saturated carbocycles. The zero-order valence-corrected chi connectivity index (χ0v) is 24.3. The minimum absolute atomic E-state index is 0.203. The first kappa shape index (κ1) is 28.7. The Balaban J connectivity index is 1.76. The number of hydrogen-bond donors (Lipinski definition) is 2. The van der Waals surface area contributed by atoms with Gasteiger partial charge in [0.15, 0.2) is 0 Å². The monoisotopic (exact) mass is 548 g/mol. The second-order valence-electron chi connectivity index (χ2n) is 11.1. The van der Waals surface area contributed by atoms with E-state index in [2.05, 4.69) is 59.5 Å². The number of methoxy groups -OCH3 is 1. The molecule has 0 spiro atoms. The molecule has 5 nitrogen and oxygen atoms in total. The van der Waals surface area contributed by atoms with E-state index in [9.17, 15) is 10.2 Å². The summed E-state index contributed by atoms with van der Waals surface area (Å²) in [6.07, 6.45) is 3.11. The molecular weight excluding hydrogens is 508 g/mol. The van der Waals surface area contributed by atoms with Gasteiger partial charge < -0.3 is 19.8 Å². The molecule has 5 rings (SSSR count). The molecule has 4 aromatic carbocycles. The Morgan fingerprint density at radius 3 is 2.37 bits per heavy atom. The Bertz CT molecular complexity index is 1600. The highest BCUT2D eigenvalue weighted by molar-refractivity contribution is 5.87. The van der Waals surface area contributed by atoms with Gasteiger partial charge >= 0.3 is 0 Å². The molecule has 2 atom stereocenters. The smallest absolute Gasteiger partial charge is 0.217 e. The minimum Gasteiger partial charge on any atom is -0.481 e. The highest BCUT2D eigenvalue weighted by Gasteiger charge is 2.43. The van der Waals surface area contributed by atoms with Crippen LogP contribution in [-0.2, 0) is 12.0 Å². The van der Waals surface area contributed by atoms with Gasteiger partial charge in [-0.1, -0.05) is 78.9 Å². The van der Waals surface area contributed by atoms with Crippen molar-refractivity contribution in [3.05, 3.63) is 119 Å². The molecule has 0 amide bonds. The zero-order valence-electron chi connectivity index (χ0n) is 24.3. The van der Waals surface area contributed by atoms with Crippen LogP contribution in [0.5, 0.6) is 5.88 Å². The summed E-state index contributed by atoms with van der Waals surface area (Å²) in [6.45, 7) is 0.899. The molecule has 0 bridgehead atoms. The van der Waals surface area contributed by atoms with Crippen molar-refractivity contribution < 1.29 is 14.9 Å². The number of aromatic nitrogens is 1. The van der Waals surface area contributed by atoms with Crippen LogP contribution in [0.4, 0.5) is 0 Å². The number of aryl methyl sites for hydroxylation is 1. The topological polar surface area (TPSA) is 65.8 Å². The van der Waals surface area contributed by atoms with Crippen molar-refractivity contribution in [2.24, 2.45) is 0 Å². The number of unbranched alkanes of at least 4 members (excludes halogenated alkanes) is 1. The van der Waals surface area contributed by atoms with Gasteiger partial charge in [-0.2, -0.15) is 0 Å². The van der Waals surface area contributed by atoms with Crippen LogP contribution < -0.4 is 4.74 Å². The molecule has 0 fully saturated rings. The van der Waals surface area contributed by atoms with Crippen LogP contribution in [0.2, 0.25) is 0 Å². The van der Waals surface area contributed by atoms with Gasteiger partial charge in [0.25, 0.3) is 0 Å². The molecule has 41 heavy (non-hydrogen) atoms. The van der Waals surface area contributed by atoms with Gasteiger partial charge in [0, 0.05) is 30.0 Å². The second kappa shape index (κ2) is 12.8. The number of nitrogens with zero attached hydrogens (tertiary/aromatic N) is 2. The van der Waals surface area contributed by atoms with Crippen molar-refractivity contribution in [2.75, 3.05) is 34.4 Å². The third kappa shape index (κ3) is 6.13. The Morgan fingerprint density at radius 1 is 0.854 bits per heavy atom. The quantitative estimate of drug-likeness (QED) is 0.170. The molecule has 5 aromatic rings. The summed E-state index contributed by atoms with van der Waals surface area (Å²) >= 11 is 0. The maximum Gasteiger partial charge on any atom is 0.217 e. The van der Waals surface area contributed by atoms with Gasteiger partial charge in [-0.05, 0) is 85.4 Å². The predicted molar refractivity (Wildman–Crippen MR) is 168 cm³/mol. The standard InChI is InChI=1S/C36H40N2O3/c1-38(2)22-21-36(40,32-18-11-16-27-13-7-8-17-30(27)32)34(28-14-5-4-6-15-28)31-25-29-24-26(12-9-10-23-39)19-20-33(29)37-35(31)41-3/h4-8,11,13-20,24-25,34,39-40H,9-10,12,21-23H2,1-3H3/t34-,36-/m1/s1. The van der Waals surface area contributed by atoms with Gasteiger partial charge in [-0.3, -0.25) is 0 Å². The first-order chi connectivity index (χ1) is 19.9. The van der Waals surface area contributed by atoms with Crippen molar-refractivity contribution in [1.29, 1.82) is 0 Å². The molecule has 0 saturated heterocycles. The SMILES string of the molecule is COc1nc2ccc(CCCCO)cc2cc1[C@@H](c1ccccc1)[C@@](O)(CCN(C)C)c1cccc2ccccc12. The number of fused-ring (bicyclic) bond motifs is 2. The van der Waals surface area contributed by atoms with Crippen LogP contribution >= 0.6 is 0 Å². The van der Waals surface area contributed by atoms with E-state index in [1.165, 1.54) is 5.56 Å². The molecule has 1 aromatic heterocycles. The summed E-state index contributed by atoms with van der Waals surface area (Å²) in [7, 11) is 5.73.